The topological polar surface area (TPSA) is 80.4 Å². The number of carboxylic acids is 1. The van der Waals surface area contributed by atoms with Gasteiger partial charge in [0.1, 0.15) is 11.8 Å². The highest BCUT2D eigenvalue weighted by molar-refractivity contribution is 5.96. The molecule has 0 aromatic rings. The predicted molar refractivity (Wildman–Crippen MR) is 33.3 cm³/mol. The van der Waals surface area contributed by atoms with Gasteiger partial charge in [-0.25, -0.2) is 0 Å². The third-order valence-electron chi connectivity index (χ3n) is 1.60. The molecule has 0 aromatic heterocycles. The summed E-state index contributed by atoms with van der Waals surface area (Å²) in [5.74, 6) is -0.956. The van der Waals surface area contributed by atoms with Gasteiger partial charge in [0.2, 0.25) is 0 Å². The molecule has 1 fully saturated rings. The fourth-order valence-corrected chi connectivity index (χ4v) is 0.806. The highest BCUT2D eigenvalue weighted by Gasteiger charge is 2.36. The van der Waals surface area contributed by atoms with Crippen LogP contribution in [0.2, 0.25) is 0 Å². The van der Waals surface area contributed by atoms with Crippen molar-refractivity contribution in [2.24, 2.45) is 11.7 Å². The Morgan fingerprint density at radius 2 is 2.40 bits per heavy atom. The first-order valence-electron chi connectivity index (χ1n) is 3.12. The maximum Gasteiger partial charge on any atom is 0.320 e. The molecule has 4 heteroatoms. The number of carbonyl (C=O) groups is 2. The molecule has 0 heterocycles. The zero-order valence-corrected chi connectivity index (χ0v) is 5.41. The van der Waals surface area contributed by atoms with E-state index in [4.69, 9.17) is 10.8 Å². The zero-order valence-electron chi connectivity index (χ0n) is 5.41. The Bertz CT molecular complexity index is 178. The summed E-state index contributed by atoms with van der Waals surface area (Å²) in [7, 11) is 0. The Labute approximate surface area is 58.0 Å². The van der Waals surface area contributed by atoms with Crippen LogP contribution in [0.5, 0.6) is 0 Å². The third kappa shape index (κ3) is 1.54. The van der Waals surface area contributed by atoms with Crippen LogP contribution < -0.4 is 5.73 Å². The fraction of sp³-hybridized carbons (Fsp3) is 0.667. The molecule has 0 bridgehead atoms. The number of carboxylic acid groups (broad SMARTS) is 1. The smallest absolute Gasteiger partial charge is 0.320 e. The molecule has 0 amide bonds. The molecule has 1 saturated carbocycles. The van der Waals surface area contributed by atoms with Gasteiger partial charge >= 0.3 is 5.97 Å². The van der Waals surface area contributed by atoms with Crippen molar-refractivity contribution >= 4 is 11.8 Å². The standard InChI is InChI=1S/C6H9NO3/c7-4(6(9)10)1-3-2-5(3)8/h3-4H,1-2,7H2,(H,9,10). The number of nitrogens with two attached hydrogens (primary N) is 1. The van der Waals surface area contributed by atoms with E-state index in [-0.39, 0.29) is 11.7 Å². The lowest BCUT2D eigenvalue weighted by atomic mass is 10.1. The molecule has 0 radical (unpaired) electrons. The van der Waals surface area contributed by atoms with E-state index >= 15 is 0 Å². The Hall–Kier alpha value is -0.900. The Kier molecular flexibility index (Phi) is 1.72. The van der Waals surface area contributed by atoms with Crippen molar-refractivity contribution in [1.29, 1.82) is 0 Å². The van der Waals surface area contributed by atoms with Crippen LogP contribution in [0.25, 0.3) is 0 Å². The minimum atomic E-state index is -1.03. The summed E-state index contributed by atoms with van der Waals surface area (Å²) in [6.07, 6.45) is 0.815. The van der Waals surface area contributed by atoms with Crippen LogP contribution in [-0.4, -0.2) is 22.9 Å². The molecular weight excluding hydrogens is 134 g/mol. The second-order valence-electron chi connectivity index (χ2n) is 2.55. The van der Waals surface area contributed by atoms with E-state index in [2.05, 4.69) is 0 Å². The third-order valence-corrected chi connectivity index (χ3v) is 1.60. The number of ketones is 1. The molecule has 1 aliphatic rings. The predicted octanol–water partition coefficient (Wildman–Crippen LogP) is -0.623. The van der Waals surface area contributed by atoms with E-state index in [9.17, 15) is 9.59 Å². The van der Waals surface area contributed by atoms with Crippen molar-refractivity contribution in [3.8, 4) is 0 Å². The molecule has 1 aliphatic carbocycles. The van der Waals surface area contributed by atoms with Crippen LogP contribution >= 0.6 is 0 Å². The van der Waals surface area contributed by atoms with E-state index < -0.39 is 12.0 Å². The van der Waals surface area contributed by atoms with E-state index in [0.29, 0.717) is 12.8 Å². The van der Waals surface area contributed by atoms with Crippen LogP contribution in [0.15, 0.2) is 0 Å². The zero-order chi connectivity index (χ0) is 7.72. The molecule has 4 nitrogen and oxygen atoms in total. The second-order valence-corrected chi connectivity index (χ2v) is 2.55. The number of Topliss-reactive ketones (excluding diaryl/α,β-unsaturated/α-hetero) is 1. The summed E-state index contributed by atoms with van der Waals surface area (Å²) in [5.41, 5.74) is 5.17. The van der Waals surface area contributed by atoms with Crippen molar-refractivity contribution in [2.45, 2.75) is 18.9 Å². The first kappa shape index (κ1) is 7.21. The van der Waals surface area contributed by atoms with Crippen LogP contribution in [0, 0.1) is 5.92 Å². The van der Waals surface area contributed by atoms with Gasteiger partial charge in [0.25, 0.3) is 0 Å². The average molecular weight is 143 g/mol. The summed E-state index contributed by atoms with van der Waals surface area (Å²) < 4.78 is 0. The summed E-state index contributed by atoms with van der Waals surface area (Å²) in [6.45, 7) is 0. The van der Waals surface area contributed by atoms with Crippen molar-refractivity contribution in [1.82, 2.24) is 0 Å². The van der Waals surface area contributed by atoms with Crippen LogP contribution in [0.3, 0.4) is 0 Å². The van der Waals surface area contributed by atoms with Gasteiger partial charge in [0, 0.05) is 12.3 Å². The number of aliphatic carboxylic acids is 1. The molecular formula is C6H9NO3. The van der Waals surface area contributed by atoms with E-state index in [1.807, 2.05) is 0 Å². The molecule has 3 N–H and O–H groups in total. The monoisotopic (exact) mass is 143 g/mol. The number of hydrogen-bond donors (Lipinski definition) is 2. The number of rotatable bonds is 3. The lowest BCUT2D eigenvalue weighted by Crippen LogP contribution is -2.30. The maximum atomic E-state index is 10.4. The van der Waals surface area contributed by atoms with Crippen molar-refractivity contribution in [3.63, 3.8) is 0 Å². The Morgan fingerprint density at radius 1 is 1.90 bits per heavy atom. The number of carbonyl (C=O) groups excluding carboxylic acids is 1. The van der Waals surface area contributed by atoms with Gasteiger partial charge in [0.05, 0.1) is 0 Å². The van der Waals surface area contributed by atoms with Gasteiger partial charge in [-0.3, -0.25) is 9.59 Å². The first-order chi connectivity index (χ1) is 4.61. The Balaban J connectivity index is 2.25. The average Bonchev–Trinajstić information content (AvgIpc) is 2.46. The molecule has 2 atom stereocenters. The maximum absolute atomic E-state index is 10.4. The molecule has 0 aliphatic heterocycles. The van der Waals surface area contributed by atoms with Gasteiger partial charge in [-0.15, -0.1) is 0 Å². The molecule has 2 unspecified atom stereocenters. The number of hydrogen-bond acceptors (Lipinski definition) is 3. The molecule has 1 rings (SSSR count). The van der Waals surface area contributed by atoms with Gasteiger partial charge < -0.3 is 10.8 Å². The van der Waals surface area contributed by atoms with Crippen molar-refractivity contribution < 1.29 is 14.7 Å². The summed E-state index contributed by atoms with van der Waals surface area (Å²) in [6, 6.07) is -0.864. The summed E-state index contributed by atoms with van der Waals surface area (Å²) in [5, 5.41) is 8.31. The van der Waals surface area contributed by atoms with Crippen LogP contribution in [0.4, 0.5) is 0 Å². The van der Waals surface area contributed by atoms with E-state index in [0.717, 1.165) is 0 Å². The van der Waals surface area contributed by atoms with Gasteiger partial charge in [0.15, 0.2) is 0 Å². The van der Waals surface area contributed by atoms with Gasteiger partial charge in [-0.1, -0.05) is 0 Å². The van der Waals surface area contributed by atoms with Crippen LogP contribution in [-0.2, 0) is 9.59 Å². The second kappa shape index (κ2) is 2.38. The van der Waals surface area contributed by atoms with E-state index in [1.165, 1.54) is 0 Å². The van der Waals surface area contributed by atoms with Crippen LogP contribution in [0.1, 0.15) is 12.8 Å². The lowest BCUT2D eigenvalue weighted by Gasteiger charge is -2.01. The van der Waals surface area contributed by atoms with Gasteiger partial charge in [-0.2, -0.15) is 0 Å². The minimum absolute atomic E-state index is 0.0638. The highest BCUT2D eigenvalue weighted by atomic mass is 16.4. The first-order valence-corrected chi connectivity index (χ1v) is 3.12. The SMILES string of the molecule is NC(CC1CC1=O)C(=O)O. The molecule has 0 spiro atoms. The fourth-order valence-electron chi connectivity index (χ4n) is 0.806. The minimum Gasteiger partial charge on any atom is -0.480 e. The molecule has 56 valence electrons. The lowest BCUT2D eigenvalue weighted by molar-refractivity contribution is -0.138. The Morgan fingerprint density at radius 3 is 2.70 bits per heavy atom. The van der Waals surface area contributed by atoms with E-state index in [1.54, 1.807) is 0 Å². The van der Waals surface area contributed by atoms with Crippen molar-refractivity contribution in [3.05, 3.63) is 0 Å². The quantitative estimate of drug-likeness (QED) is 0.551. The highest BCUT2D eigenvalue weighted by Crippen LogP contribution is 2.28. The summed E-state index contributed by atoms with van der Waals surface area (Å²) in [4.78, 5) is 20.5. The molecule has 10 heavy (non-hydrogen) atoms. The van der Waals surface area contributed by atoms with Gasteiger partial charge in [-0.05, 0) is 6.42 Å². The molecule has 0 aromatic carbocycles. The molecule has 0 saturated heterocycles. The largest absolute Gasteiger partial charge is 0.480 e. The normalized spacial score (nSPS) is 26.1. The summed E-state index contributed by atoms with van der Waals surface area (Å²) >= 11 is 0. The van der Waals surface area contributed by atoms with Crippen molar-refractivity contribution in [2.75, 3.05) is 0 Å².